The van der Waals surface area contributed by atoms with Crippen molar-refractivity contribution in [3.63, 3.8) is 0 Å². The average molecular weight is 198 g/mol. The normalized spacial score (nSPS) is 13.5. The molecule has 70 valence electrons. The van der Waals surface area contributed by atoms with Crippen molar-refractivity contribution in [2.24, 2.45) is 0 Å². The quantitative estimate of drug-likeness (QED) is 0.714. The smallest absolute Gasteiger partial charge is 0.139 e. The van der Waals surface area contributed by atoms with Crippen molar-refractivity contribution < 1.29 is 8.60 Å². The lowest BCUT2D eigenvalue weighted by atomic mass is 10.2. The summed E-state index contributed by atoms with van der Waals surface area (Å²) in [6.45, 7) is 1.86. The molecule has 1 rings (SSSR count). The fraction of sp³-hybridized carbons (Fsp3) is 0.200. The zero-order valence-corrected chi connectivity index (χ0v) is 8.40. The Balaban J connectivity index is 3.12. The molecule has 0 fully saturated rings. The van der Waals surface area contributed by atoms with E-state index in [2.05, 4.69) is 0 Å². The molecule has 1 aromatic rings. The molecule has 0 aromatic heterocycles. The van der Waals surface area contributed by atoms with Gasteiger partial charge in [-0.15, -0.1) is 0 Å². The van der Waals surface area contributed by atoms with Crippen LogP contribution in [0.15, 0.2) is 29.2 Å². The Morgan fingerprint density at radius 1 is 1.46 bits per heavy atom. The summed E-state index contributed by atoms with van der Waals surface area (Å²) in [7, 11) is -1.25. The third-order valence-corrected chi connectivity index (χ3v) is 2.58. The highest BCUT2D eigenvalue weighted by molar-refractivity contribution is 7.84. The maximum atomic E-state index is 13.2. The summed E-state index contributed by atoms with van der Waals surface area (Å²) < 4.78 is 24.2. The maximum Gasteiger partial charge on any atom is 0.139 e. The van der Waals surface area contributed by atoms with E-state index < -0.39 is 16.6 Å². The summed E-state index contributed by atoms with van der Waals surface area (Å²) in [5, 5.41) is 0. The van der Waals surface area contributed by atoms with Crippen LogP contribution < -0.4 is 0 Å². The second kappa shape index (κ2) is 4.33. The molecule has 0 aliphatic heterocycles. The van der Waals surface area contributed by atoms with Gasteiger partial charge in [0.2, 0.25) is 0 Å². The van der Waals surface area contributed by atoms with Gasteiger partial charge in [-0.2, -0.15) is 0 Å². The number of hydrogen-bond donors (Lipinski definition) is 0. The van der Waals surface area contributed by atoms with Crippen molar-refractivity contribution in [3.8, 4) is 0 Å². The van der Waals surface area contributed by atoms with Gasteiger partial charge in [-0.3, -0.25) is 4.21 Å². The van der Waals surface area contributed by atoms with Crippen LogP contribution in [-0.4, -0.2) is 10.5 Å². The first kappa shape index (κ1) is 10.1. The second-order valence-electron chi connectivity index (χ2n) is 2.64. The van der Waals surface area contributed by atoms with Crippen LogP contribution in [0, 0.1) is 5.82 Å². The zero-order valence-electron chi connectivity index (χ0n) is 7.58. The van der Waals surface area contributed by atoms with E-state index in [9.17, 15) is 8.60 Å². The van der Waals surface area contributed by atoms with Gasteiger partial charge in [0.1, 0.15) is 5.82 Å². The molecule has 0 aliphatic rings. The van der Waals surface area contributed by atoms with Crippen LogP contribution in [0.3, 0.4) is 0 Å². The third-order valence-electron chi connectivity index (χ3n) is 1.62. The van der Waals surface area contributed by atoms with Gasteiger partial charge in [0, 0.05) is 6.26 Å². The minimum Gasteiger partial charge on any atom is -0.255 e. The van der Waals surface area contributed by atoms with Crippen LogP contribution in [0.4, 0.5) is 4.39 Å². The number of halogens is 1. The van der Waals surface area contributed by atoms with E-state index in [4.69, 9.17) is 0 Å². The van der Waals surface area contributed by atoms with Gasteiger partial charge in [0.25, 0.3) is 0 Å². The van der Waals surface area contributed by atoms with Crippen molar-refractivity contribution in [3.05, 3.63) is 35.7 Å². The second-order valence-corrected chi connectivity index (χ2v) is 3.99. The largest absolute Gasteiger partial charge is 0.255 e. The van der Waals surface area contributed by atoms with Gasteiger partial charge in [0.15, 0.2) is 0 Å². The Labute approximate surface area is 79.7 Å². The Hall–Kier alpha value is -0.960. The first-order valence-corrected chi connectivity index (χ1v) is 5.46. The molecule has 0 heterocycles. The van der Waals surface area contributed by atoms with Crippen molar-refractivity contribution >= 4 is 16.9 Å². The highest BCUT2D eigenvalue weighted by atomic mass is 32.2. The zero-order chi connectivity index (χ0) is 9.84. The summed E-state index contributed by atoms with van der Waals surface area (Å²) in [6, 6.07) is 4.69. The fourth-order valence-electron chi connectivity index (χ4n) is 1.05. The van der Waals surface area contributed by atoms with E-state index >= 15 is 0 Å². The number of allylic oxidation sites excluding steroid dienone is 1. The molecule has 0 aliphatic carbocycles. The van der Waals surface area contributed by atoms with Crippen LogP contribution in [0.5, 0.6) is 0 Å². The molecule has 1 nitrogen and oxygen atoms in total. The van der Waals surface area contributed by atoms with Crippen LogP contribution in [0.1, 0.15) is 12.5 Å². The SMILES string of the molecule is C/C=C\c1ccc(S(C)=O)c(F)c1. The van der Waals surface area contributed by atoms with E-state index in [1.54, 1.807) is 18.2 Å². The highest BCUT2D eigenvalue weighted by Gasteiger charge is 2.04. The molecular formula is C10H11FOS. The Bertz CT molecular complexity index is 358. The lowest BCUT2D eigenvalue weighted by Gasteiger charge is -1.99. The first-order valence-electron chi connectivity index (χ1n) is 3.91. The maximum absolute atomic E-state index is 13.2. The van der Waals surface area contributed by atoms with Gasteiger partial charge < -0.3 is 0 Å². The minimum absolute atomic E-state index is 0.258. The minimum atomic E-state index is -1.25. The molecule has 0 radical (unpaired) electrons. The highest BCUT2D eigenvalue weighted by Crippen LogP contribution is 2.14. The van der Waals surface area contributed by atoms with E-state index in [0.717, 1.165) is 5.56 Å². The van der Waals surface area contributed by atoms with Crippen molar-refractivity contribution in [1.29, 1.82) is 0 Å². The van der Waals surface area contributed by atoms with Gasteiger partial charge >= 0.3 is 0 Å². The van der Waals surface area contributed by atoms with E-state index in [1.165, 1.54) is 12.3 Å². The van der Waals surface area contributed by atoms with Gasteiger partial charge in [0.05, 0.1) is 15.7 Å². The van der Waals surface area contributed by atoms with Crippen LogP contribution in [-0.2, 0) is 10.8 Å². The first-order chi connectivity index (χ1) is 6.15. The fourth-order valence-corrected chi connectivity index (χ4v) is 1.64. The molecule has 3 heteroatoms. The monoisotopic (exact) mass is 198 g/mol. The Morgan fingerprint density at radius 3 is 2.62 bits per heavy atom. The van der Waals surface area contributed by atoms with Gasteiger partial charge in [-0.05, 0) is 24.6 Å². The molecule has 0 N–H and O–H groups in total. The lowest BCUT2D eigenvalue weighted by molar-refractivity contribution is 0.595. The Morgan fingerprint density at radius 2 is 2.15 bits per heavy atom. The lowest BCUT2D eigenvalue weighted by Crippen LogP contribution is -1.92. The third kappa shape index (κ3) is 2.49. The molecule has 0 saturated carbocycles. The summed E-state index contributed by atoms with van der Waals surface area (Å²) in [5.74, 6) is -0.406. The van der Waals surface area contributed by atoms with Crippen molar-refractivity contribution in [1.82, 2.24) is 0 Å². The molecule has 1 aromatic carbocycles. The summed E-state index contributed by atoms with van der Waals surface area (Å²) in [5.41, 5.74) is 0.786. The summed E-state index contributed by atoms with van der Waals surface area (Å²) in [6.07, 6.45) is 5.09. The van der Waals surface area contributed by atoms with Crippen molar-refractivity contribution in [2.45, 2.75) is 11.8 Å². The molecular weight excluding hydrogens is 187 g/mol. The molecule has 1 unspecified atom stereocenters. The molecule has 0 bridgehead atoms. The van der Waals surface area contributed by atoms with E-state index in [0.29, 0.717) is 0 Å². The van der Waals surface area contributed by atoms with Crippen molar-refractivity contribution in [2.75, 3.05) is 6.26 Å². The molecule has 1 atom stereocenters. The van der Waals surface area contributed by atoms with Crippen LogP contribution in [0.2, 0.25) is 0 Å². The van der Waals surface area contributed by atoms with Crippen LogP contribution >= 0.6 is 0 Å². The number of benzene rings is 1. The number of hydrogen-bond acceptors (Lipinski definition) is 1. The summed E-state index contributed by atoms with van der Waals surface area (Å²) in [4.78, 5) is 0.258. The Kier molecular flexibility index (Phi) is 3.37. The van der Waals surface area contributed by atoms with Gasteiger partial charge in [-0.1, -0.05) is 18.2 Å². The average Bonchev–Trinajstić information content (AvgIpc) is 2.04. The van der Waals surface area contributed by atoms with E-state index in [1.807, 2.05) is 13.0 Å². The van der Waals surface area contributed by atoms with Crippen LogP contribution in [0.25, 0.3) is 6.08 Å². The molecule has 0 saturated heterocycles. The number of rotatable bonds is 2. The van der Waals surface area contributed by atoms with E-state index in [-0.39, 0.29) is 4.90 Å². The topological polar surface area (TPSA) is 17.1 Å². The predicted octanol–water partition coefficient (Wildman–Crippen LogP) is 2.60. The summed E-state index contributed by atoms with van der Waals surface area (Å²) >= 11 is 0. The molecule has 0 spiro atoms. The van der Waals surface area contributed by atoms with Gasteiger partial charge in [-0.25, -0.2) is 4.39 Å². The predicted molar refractivity (Wildman–Crippen MR) is 53.4 cm³/mol. The molecule has 0 amide bonds. The molecule has 13 heavy (non-hydrogen) atoms. The standard InChI is InChI=1S/C10H11FOS/c1-3-4-8-5-6-10(13(2)12)9(11)7-8/h3-7H,1-2H3/b4-3-.